The summed E-state index contributed by atoms with van der Waals surface area (Å²) in [6.45, 7) is 23.8. The first kappa shape index (κ1) is 60.8. The van der Waals surface area contributed by atoms with E-state index in [1.807, 2.05) is 19.1 Å². The summed E-state index contributed by atoms with van der Waals surface area (Å²) in [6.07, 6.45) is 4.13. The third kappa shape index (κ3) is 11.5. The van der Waals surface area contributed by atoms with Crippen LogP contribution in [-0.4, -0.2) is 185 Å². The Hall–Kier alpha value is 0.270. The number of aliphatic hydroxyl groups excluding tert-OH is 2. The maximum atomic E-state index is 12.3. The minimum absolute atomic E-state index is 0. The van der Waals surface area contributed by atoms with Crippen LogP contribution in [0.2, 0.25) is 0 Å². The SMILES string of the molecule is C=CCC(=C)C/C=C/[C@@](C)(O)[C@H]1O[C@@H]2C[C@@H]3O[C@@H]4C[C@@H]5O[C@@H]6C[C@@H]7O[C@@H]8C[C@@H]9O[C@@H]%10C[C@@H]%11O[C@](C)(CCO)[C@@H](OS(=O)(=O)O)C[C@H]%11O[C@H]%10C[C@H]9O[C@H]8CC[C@@]7(C)O[C@@]6(C)C[C@H](C)[C@H]5O[C@H]4[C@@H](O)[C@@]3(C)O[C@H]2CC1=C.[Na+].[Na+]. The molecule has 0 aromatic rings. The van der Waals surface area contributed by atoms with E-state index in [2.05, 4.69) is 40.5 Å². The summed E-state index contributed by atoms with van der Waals surface area (Å²) in [6, 6.07) is 0. The summed E-state index contributed by atoms with van der Waals surface area (Å²) in [5, 5.41) is 33.8. The minimum Gasteiger partial charge on any atom is -0.396 e. The van der Waals surface area contributed by atoms with Gasteiger partial charge in [-0.25, -0.2) is 4.18 Å². The number of hydrogen-bond donors (Lipinski definition) is 4. The fourth-order valence-electron chi connectivity index (χ4n) is 15.4. The monoisotopic (exact) mass is 1110 g/mol. The van der Waals surface area contributed by atoms with E-state index < -0.39 is 93.3 Å². The van der Waals surface area contributed by atoms with E-state index in [4.69, 9.17) is 56.3 Å². The van der Waals surface area contributed by atoms with E-state index in [0.717, 1.165) is 17.6 Å². The molecule has 0 bridgehead atoms. The van der Waals surface area contributed by atoms with Gasteiger partial charge in [0.05, 0.1) is 114 Å². The summed E-state index contributed by atoms with van der Waals surface area (Å²) in [4.78, 5) is 0. The number of aliphatic hydroxyl groups is 3. The third-order valence-corrected chi connectivity index (χ3v) is 19.7. The van der Waals surface area contributed by atoms with E-state index in [1.165, 1.54) is 0 Å². The van der Waals surface area contributed by atoms with Crippen molar-refractivity contribution in [2.45, 2.75) is 282 Å². The summed E-state index contributed by atoms with van der Waals surface area (Å²) >= 11 is 0. The number of allylic oxidation sites excluding steroid dienone is 3. The van der Waals surface area contributed by atoms with E-state index in [0.29, 0.717) is 70.6 Å². The first-order valence-corrected chi connectivity index (χ1v) is 28.9. The quantitative estimate of drug-likeness (QED) is 0.120. The van der Waals surface area contributed by atoms with Crippen LogP contribution in [0.5, 0.6) is 0 Å². The second kappa shape index (κ2) is 22.7. The first-order valence-electron chi connectivity index (χ1n) is 27.5. The summed E-state index contributed by atoms with van der Waals surface area (Å²) < 4.78 is 114. The van der Waals surface area contributed by atoms with Crippen molar-refractivity contribution in [3.63, 3.8) is 0 Å². The van der Waals surface area contributed by atoms with Gasteiger partial charge in [0.1, 0.15) is 35.6 Å². The summed E-state index contributed by atoms with van der Waals surface area (Å²) in [7, 11) is -4.78. The molecule has 0 aliphatic carbocycles. The fraction of sp³-hybridized carbons (Fsp3) is 0.855. The Morgan fingerprint density at radius 2 is 1.32 bits per heavy atom. The molecule has 26 atom stereocenters. The van der Waals surface area contributed by atoms with Gasteiger partial charge in [0.15, 0.2) is 0 Å². The molecule has 11 heterocycles. The van der Waals surface area contributed by atoms with Gasteiger partial charge in [-0.3, -0.25) is 4.55 Å². The molecule has 416 valence electrons. The molecule has 11 rings (SSSR count). The molecule has 0 aromatic carbocycles. The Kier molecular flexibility index (Phi) is 18.2. The van der Waals surface area contributed by atoms with Gasteiger partial charge in [0.2, 0.25) is 0 Å². The van der Waals surface area contributed by atoms with Crippen molar-refractivity contribution in [2.75, 3.05) is 6.61 Å². The molecule has 18 nitrogen and oxygen atoms in total. The number of hydrogen-bond acceptors (Lipinski definition) is 17. The predicted octanol–water partition coefficient (Wildman–Crippen LogP) is -0.759. The summed E-state index contributed by atoms with van der Waals surface area (Å²) in [5.74, 6) is 0.0156. The van der Waals surface area contributed by atoms with E-state index in [-0.39, 0.29) is 152 Å². The third-order valence-electron chi connectivity index (χ3n) is 19.3. The molecule has 0 amide bonds. The average Bonchev–Trinajstić information content (AvgIpc) is 3.57. The Morgan fingerprint density at radius 1 is 0.737 bits per heavy atom. The van der Waals surface area contributed by atoms with Crippen molar-refractivity contribution in [1.29, 1.82) is 0 Å². The molecule has 0 aromatic heterocycles. The molecule has 0 unspecified atom stereocenters. The largest absolute Gasteiger partial charge is 1.00 e. The Labute approximate surface area is 493 Å². The van der Waals surface area contributed by atoms with Crippen LogP contribution < -0.4 is 59.1 Å². The fourth-order valence-corrected chi connectivity index (χ4v) is 16.0. The predicted molar refractivity (Wildman–Crippen MR) is 265 cm³/mol. The molecule has 21 heteroatoms. The molecular weight excluding hydrogens is 1030 g/mol. The molecule has 0 spiro atoms. The molecule has 4 N–H and O–H groups in total. The molecule has 76 heavy (non-hydrogen) atoms. The Morgan fingerprint density at radius 3 is 1.99 bits per heavy atom. The van der Waals surface area contributed by atoms with Crippen molar-refractivity contribution < 1.29 is 144 Å². The molecule has 0 saturated carbocycles. The molecule has 11 saturated heterocycles. The van der Waals surface area contributed by atoms with Gasteiger partial charge in [-0.1, -0.05) is 43.9 Å². The van der Waals surface area contributed by atoms with Gasteiger partial charge in [-0.2, -0.15) is 8.42 Å². The number of ether oxygens (including phenoxy) is 11. The van der Waals surface area contributed by atoms with E-state index in [1.54, 1.807) is 19.9 Å². The topological polar surface area (TPSA) is 226 Å². The van der Waals surface area contributed by atoms with Gasteiger partial charge in [-0.15, -0.1) is 6.58 Å². The second-order valence-corrected chi connectivity index (χ2v) is 26.1. The van der Waals surface area contributed by atoms with Crippen LogP contribution in [0.25, 0.3) is 0 Å². The Bertz CT molecular complexity index is 2290. The number of rotatable bonds is 10. The molecule has 11 aliphatic heterocycles. The van der Waals surface area contributed by atoms with Crippen LogP contribution in [0.1, 0.15) is 131 Å². The molecule has 0 radical (unpaired) electrons. The molecule has 11 aliphatic rings. The zero-order chi connectivity index (χ0) is 52.5. The molecule has 11 fully saturated rings. The zero-order valence-corrected chi connectivity index (χ0v) is 50.8. The van der Waals surface area contributed by atoms with Crippen molar-refractivity contribution in [2.24, 2.45) is 5.92 Å². The maximum Gasteiger partial charge on any atom is 1.00 e. The van der Waals surface area contributed by atoms with Gasteiger partial charge >= 0.3 is 69.5 Å². The van der Waals surface area contributed by atoms with Crippen molar-refractivity contribution in [1.82, 2.24) is 0 Å². The Balaban J connectivity index is 0.00000353. The second-order valence-electron chi connectivity index (χ2n) is 25.0. The minimum atomic E-state index is -4.78. The van der Waals surface area contributed by atoms with Crippen molar-refractivity contribution in [3.05, 3.63) is 49.1 Å². The maximum absolute atomic E-state index is 12.3. The normalized spacial score (nSPS) is 51.3. The molecular formula is C55H82Na2O18S+2. The standard InChI is InChI=1S/C55H82O18S.2Na/c1-10-12-28(2)13-11-15-51(5,58)50-29(3)19-39-38(68-50)25-46-55(9,71-39)49(57)48-42(67-46)23-41-47(69-48)30(4)27-54(8)44(66-41)26-43-53(7,73-54)16-14-31-32(65-43)20-34-33(62-31)21-35-36(63-34)22-40-37(64-35)24-45(72-74(59,60)61)52(6,70-40)17-18-56;;/h10-11,15,30-50,56-58H,1-3,12-14,16-27H2,4-9H3,(H,59,60,61);;/q;2*+1/b15-11+;;/t30-,31-,32+,33+,34-,35-,36+,37+,38+,39-,40-,41-,42+,43-,44+,45-,46-,47+,48+,49+,50-,51+,52+,53+,54-,55-;;/m0../s1. The van der Waals surface area contributed by atoms with Gasteiger partial charge in [-0.05, 0) is 84.6 Å². The summed E-state index contributed by atoms with van der Waals surface area (Å²) in [5.41, 5.74) is -3.13. The van der Waals surface area contributed by atoms with Gasteiger partial charge in [0, 0.05) is 58.0 Å². The first-order chi connectivity index (χ1) is 34.9. The van der Waals surface area contributed by atoms with Gasteiger partial charge in [0.25, 0.3) is 0 Å². The van der Waals surface area contributed by atoms with Crippen molar-refractivity contribution in [3.8, 4) is 0 Å². The van der Waals surface area contributed by atoms with Crippen LogP contribution in [0.15, 0.2) is 49.1 Å². The van der Waals surface area contributed by atoms with E-state index >= 15 is 0 Å². The van der Waals surface area contributed by atoms with E-state index in [9.17, 15) is 28.3 Å². The zero-order valence-electron chi connectivity index (χ0n) is 46.0. The van der Waals surface area contributed by atoms with Crippen LogP contribution >= 0.6 is 0 Å². The smallest absolute Gasteiger partial charge is 0.396 e. The van der Waals surface area contributed by atoms with Crippen LogP contribution in [0.3, 0.4) is 0 Å². The number of fused-ring (bicyclic) bond motifs is 10. The van der Waals surface area contributed by atoms with Crippen LogP contribution in [0.4, 0.5) is 0 Å². The average molecular weight is 1110 g/mol. The van der Waals surface area contributed by atoms with Crippen molar-refractivity contribution >= 4 is 10.4 Å². The van der Waals surface area contributed by atoms with Crippen LogP contribution in [-0.2, 0) is 66.7 Å². The van der Waals surface area contributed by atoms with Gasteiger partial charge < -0.3 is 67.4 Å². The van der Waals surface area contributed by atoms with Crippen LogP contribution in [0, 0.1) is 5.92 Å².